The van der Waals surface area contributed by atoms with Gasteiger partial charge < -0.3 is 4.90 Å². The highest BCUT2D eigenvalue weighted by Gasteiger charge is 2.58. The third-order valence-corrected chi connectivity index (χ3v) is 8.07. The van der Waals surface area contributed by atoms with Crippen molar-refractivity contribution in [3.8, 4) is 0 Å². The van der Waals surface area contributed by atoms with Crippen LogP contribution < -0.4 is 0 Å². The number of ketones is 2. The molecule has 0 unspecified atom stereocenters. The molecule has 6 rings (SSSR count). The molecule has 7 heteroatoms. The van der Waals surface area contributed by atoms with E-state index in [1.54, 1.807) is 23.1 Å². The number of likely N-dealkylation sites (tertiary alicyclic amines) is 1. The van der Waals surface area contributed by atoms with Crippen LogP contribution in [-0.4, -0.2) is 49.2 Å². The van der Waals surface area contributed by atoms with Crippen molar-refractivity contribution in [1.29, 1.82) is 0 Å². The zero-order valence-corrected chi connectivity index (χ0v) is 19.5. The summed E-state index contributed by atoms with van der Waals surface area (Å²) < 4.78 is 1.56. The van der Waals surface area contributed by atoms with Crippen LogP contribution in [0, 0.1) is 11.3 Å². The smallest absolute Gasteiger partial charge is 0.245 e. The lowest BCUT2D eigenvalue weighted by Gasteiger charge is -2.28. The van der Waals surface area contributed by atoms with Crippen molar-refractivity contribution in [1.82, 2.24) is 19.7 Å². The molecule has 0 N–H and O–H groups in total. The lowest BCUT2D eigenvalue weighted by molar-refractivity contribution is -0.140. The molecule has 34 heavy (non-hydrogen) atoms. The highest BCUT2D eigenvalue weighted by atomic mass is 16.2. The first-order chi connectivity index (χ1) is 16.4. The zero-order valence-electron chi connectivity index (χ0n) is 19.5. The molecule has 3 fully saturated rings. The highest BCUT2D eigenvalue weighted by molar-refractivity contribution is 6.04. The summed E-state index contributed by atoms with van der Waals surface area (Å²) in [5.41, 5.74) is 2.27. The second kappa shape index (κ2) is 7.58. The van der Waals surface area contributed by atoms with E-state index in [0.29, 0.717) is 34.9 Å². The molecule has 174 valence electrons. The van der Waals surface area contributed by atoms with E-state index >= 15 is 0 Å². The van der Waals surface area contributed by atoms with Gasteiger partial charge in [-0.25, -0.2) is 0 Å². The first-order valence-electron chi connectivity index (χ1n) is 12.1. The van der Waals surface area contributed by atoms with Gasteiger partial charge in [0.2, 0.25) is 5.91 Å². The number of carbonyl (C=O) groups is 3. The Hall–Kier alpha value is -3.35. The van der Waals surface area contributed by atoms with E-state index in [1.165, 1.54) is 12.5 Å². The highest BCUT2D eigenvalue weighted by Crippen LogP contribution is 2.62. The largest absolute Gasteiger partial charge is 0.328 e. The number of aromatic nitrogens is 3. The molecule has 1 amide bonds. The Balaban J connectivity index is 1.19. The fraction of sp³-hybridized carbons (Fsp3) is 0.444. The standard InChI is InChI=1S/C27H28N4O3/c1-16(32)26-19-8-9-28-14-23(19)30(29-26)15-25(34)31-21-10-18(21)11-22(31)24(33)13-27(2)12-20(27)17-6-4-3-5-7-17/h3-9,14,18,20-22H,10-13,15H2,1-2H3/t18-,20-,21-,22+,27-/m1/s1. The molecule has 3 heterocycles. The van der Waals surface area contributed by atoms with Crippen molar-refractivity contribution in [2.45, 2.75) is 64.1 Å². The molecule has 0 spiro atoms. The normalized spacial score (nSPS) is 29.2. The van der Waals surface area contributed by atoms with Gasteiger partial charge in [-0.15, -0.1) is 0 Å². The van der Waals surface area contributed by atoms with E-state index in [9.17, 15) is 14.4 Å². The van der Waals surface area contributed by atoms with E-state index in [1.807, 2.05) is 23.1 Å². The van der Waals surface area contributed by atoms with Crippen LogP contribution in [0.25, 0.3) is 10.9 Å². The molecule has 1 aromatic carbocycles. The number of carbonyl (C=O) groups excluding carboxylic acids is 3. The minimum absolute atomic E-state index is 0.00633. The van der Waals surface area contributed by atoms with E-state index in [-0.39, 0.29) is 41.5 Å². The Kier molecular flexibility index (Phi) is 4.73. The maximum absolute atomic E-state index is 13.5. The summed E-state index contributed by atoms with van der Waals surface area (Å²) >= 11 is 0. The van der Waals surface area contributed by atoms with Gasteiger partial charge in [-0.05, 0) is 48.1 Å². The molecule has 7 nitrogen and oxygen atoms in total. The first-order valence-corrected chi connectivity index (χ1v) is 12.1. The van der Waals surface area contributed by atoms with Crippen molar-refractivity contribution in [2.75, 3.05) is 0 Å². The molecule has 1 aliphatic heterocycles. The van der Waals surface area contributed by atoms with Gasteiger partial charge >= 0.3 is 0 Å². The van der Waals surface area contributed by atoms with Crippen LogP contribution in [0.4, 0.5) is 0 Å². The van der Waals surface area contributed by atoms with Gasteiger partial charge in [-0.1, -0.05) is 37.3 Å². The van der Waals surface area contributed by atoms with Gasteiger partial charge in [0.1, 0.15) is 12.2 Å². The maximum Gasteiger partial charge on any atom is 0.245 e. The predicted molar refractivity (Wildman–Crippen MR) is 126 cm³/mol. The monoisotopic (exact) mass is 456 g/mol. The number of Topliss-reactive ketones (excluding diaryl/α,β-unsaturated/α-hetero) is 2. The van der Waals surface area contributed by atoms with Crippen LogP contribution in [0.1, 0.15) is 61.5 Å². The number of piperidine rings is 1. The number of rotatable bonds is 7. The number of hydrogen-bond acceptors (Lipinski definition) is 5. The second-order valence-electron chi connectivity index (χ2n) is 10.5. The van der Waals surface area contributed by atoms with Crippen LogP contribution in [0.3, 0.4) is 0 Å². The van der Waals surface area contributed by atoms with Gasteiger partial charge in [0.25, 0.3) is 0 Å². The van der Waals surface area contributed by atoms with Crippen LogP contribution in [0.2, 0.25) is 0 Å². The topological polar surface area (TPSA) is 85.2 Å². The molecule has 1 saturated heterocycles. The molecular formula is C27H28N4O3. The molecule has 3 aliphatic rings. The average molecular weight is 457 g/mol. The Morgan fingerprint density at radius 3 is 2.68 bits per heavy atom. The van der Waals surface area contributed by atoms with E-state index < -0.39 is 0 Å². The number of hydrogen-bond donors (Lipinski definition) is 0. The predicted octanol–water partition coefficient (Wildman–Crippen LogP) is 3.78. The van der Waals surface area contributed by atoms with Crippen LogP contribution >= 0.6 is 0 Å². The number of benzene rings is 1. The lowest BCUT2D eigenvalue weighted by atomic mass is 9.91. The minimum atomic E-state index is -0.350. The molecular weight excluding hydrogens is 428 g/mol. The number of nitrogens with zero attached hydrogens (tertiary/aromatic N) is 4. The third-order valence-electron chi connectivity index (χ3n) is 8.07. The number of pyridine rings is 1. The van der Waals surface area contributed by atoms with Gasteiger partial charge in [0.15, 0.2) is 11.6 Å². The Morgan fingerprint density at radius 1 is 1.12 bits per heavy atom. The average Bonchev–Trinajstić information content (AvgIpc) is 3.65. The maximum atomic E-state index is 13.5. The van der Waals surface area contributed by atoms with Crippen LogP contribution in [-0.2, 0) is 16.1 Å². The molecule has 2 aromatic heterocycles. The molecule has 0 bridgehead atoms. The minimum Gasteiger partial charge on any atom is -0.328 e. The summed E-state index contributed by atoms with van der Waals surface area (Å²) in [6.07, 6.45) is 6.50. The fourth-order valence-corrected chi connectivity index (χ4v) is 6.04. The summed E-state index contributed by atoms with van der Waals surface area (Å²) in [7, 11) is 0. The Bertz CT molecular complexity index is 1320. The third kappa shape index (κ3) is 3.45. The molecule has 5 atom stereocenters. The summed E-state index contributed by atoms with van der Waals surface area (Å²) in [6, 6.07) is 11.9. The van der Waals surface area contributed by atoms with Gasteiger partial charge in [0.05, 0.1) is 17.8 Å². The van der Waals surface area contributed by atoms with E-state index in [2.05, 4.69) is 29.1 Å². The van der Waals surface area contributed by atoms with Crippen LogP contribution in [0.5, 0.6) is 0 Å². The molecule has 3 aromatic rings. The fourth-order valence-electron chi connectivity index (χ4n) is 6.04. The SMILES string of the molecule is CC(=O)c1nn(CC(=O)N2[C@@H]3C[C@@H]3C[C@H]2C(=O)C[C@@]2(C)C[C@@H]2c2ccccc2)c2cnccc12. The van der Waals surface area contributed by atoms with Crippen molar-refractivity contribution in [3.63, 3.8) is 0 Å². The van der Waals surface area contributed by atoms with Crippen molar-refractivity contribution >= 4 is 28.4 Å². The van der Waals surface area contributed by atoms with Gasteiger partial charge in [-0.2, -0.15) is 5.10 Å². The second-order valence-corrected chi connectivity index (χ2v) is 10.5. The van der Waals surface area contributed by atoms with Crippen molar-refractivity contribution in [2.24, 2.45) is 11.3 Å². The van der Waals surface area contributed by atoms with Crippen molar-refractivity contribution < 1.29 is 14.4 Å². The number of fused-ring (bicyclic) bond motifs is 2. The molecule has 2 aliphatic carbocycles. The molecule has 0 radical (unpaired) electrons. The zero-order chi connectivity index (χ0) is 23.6. The van der Waals surface area contributed by atoms with E-state index in [4.69, 9.17) is 0 Å². The Labute approximate surface area is 198 Å². The molecule has 2 saturated carbocycles. The Morgan fingerprint density at radius 2 is 1.91 bits per heavy atom. The number of amides is 1. The summed E-state index contributed by atoms with van der Waals surface area (Å²) in [4.78, 5) is 44.9. The van der Waals surface area contributed by atoms with Gasteiger partial charge in [-0.3, -0.25) is 24.0 Å². The summed E-state index contributed by atoms with van der Waals surface area (Å²) in [5, 5.41) is 5.11. The van der Waals surface area contributed by atoms with Crippen LogP contribution in [0.15, 0.2) is 48.8 Å². The van der Waals surface area contributed by atoms with Crippen molar-refractivity contribution in [3.05, 3.63) is 60.0 Å². The first kappa shape index (κ1) is 21.2. The summed E-state index contributed by atoms with van der Waals surface area (Å²) in [5.74, 6) is 0.763. The van der Waals surface area contributed by atoms with E-state index in [0.717, 1.165) is 19.3 Å². The quantitative estimate of drug-likeness (QED) is 0.505. The lowest BCUT2D eigenvalue weighted by Crippen LogP contribution is -2.45. The van der Waals surface area contributed by atoms with Gasteiger partial charge in [0, 0.05) is 31.0 Å². The summed E-state index contributed by atoms with van der Waals surface area (Å²) in [6.45, 7) is 3.67.